The first-order valence-corrected chi connectivity index (χ1v) is 5.25. The van der Waals surface area contributed by atoms with E-state index in [9.17, 15) is 4.79 Å². The molecule has 0 radical (unpaired) electrons. The van der Waals surface area contributed by atoms with Crippen LogP contribution in [0.15, 0.2) is 18.5 Å². The zero-order valence-corrected chi connectivity index (χ0v) is 9.15. The summed E-state index contributed by atoms with van der Waals surface area (Å²) in [5, 5.41) is 0.289. The number of carbonyl (C=O) groups excluding carboxylic acids is 1. The summed E-state index contributed by atoms with van der Waals surface area (Å²) >= 11 is 3.12. The van der Waals surface area contributed by atoms with Crippen LogP contribution >= 0.6 is 15.9 Å². The van der Waals surface area contributed by atoms with Crippen molar-refractivity contribution >= 4 is 27.5 Å². The van der Waals surface area contributed by atoms with Crippen LogP contribution in [-0.2, 0) is 0 Å². The quantitative estimate of drug-likeness (QED) is 0.604. The number of ketones is 1. The minimum absolute atomic E-state index is 0.0204. The Morgan fingerprint density at radius 3 is 3.07 bits per heavy atom. The van der Waals surface area contributed by atoms with E-state index < -0.39 is 0 Å². The van der Waals surface area contributed by atoms with Crippen LogP contribution in [0.5, 0.6) is 0 Å². The molecule has 2 aromatic heterocycles. The van der Waals surface area contributed by atoms with Gasteiger partial charge in [-0.2, -0.15) is 0 Å². The minimum atomic E-state index is -0.0204. The van der Waals surface area contributed by atoms with Crippen molar-refractivity contribution in [3.63, 3.8) is 0 Å². The normalized spacial score (nSPS) is 10.7. The van der Waals surface area contributed by atoms with Crippen LogP contribution in [0.3, 0.4) is 0 Å². The average molecular weight is 254 g/mol. The van der Waals surface area contributed by atoms with E-state index in [0.29, 0.717) is 11.5 Å². The first-order chi connectivity index (χ1) is 6.74. The molecule has 2 heterocycles. The second-order valence-electron chi connectivity index (χ2n) is 2.89. The molecular formula is C9H8BrN3O. The lowest BCUT2D eigenvalue weighted by atomic mass is 10.3. The molecule has 0 aliphatic rings. The van der Waals surface area contributed by atoms with Gasteiger partial charge in [-0.25, -0.2) is 9.97 Å². The first-order valence-electron chi connectivity index (χ1n) is 4.13. The molecule has 0 bridgehead atoms. The van der Waals surface area contributed by atoms with Gasteiger partial charge in [0.15, 0.2) is 5.78 Å². The Balaban J connectivity index is 2.68. The number of nitrogens with zero attached hydrogens (tertiary/aromatic N) is 3. The van der Waals surface area contributed by atoms with Gasteiger partial charge in [0.25, 0.3) is 0 Å². The van der Waals surface area contributed by atoms with Crippen molar-refractivity contribution in [1.29, 1.82) is 0 Å². The van der Waals surface area contributed by atoms with Gasteiger partial charge in [0.1, 0.15) is 5.69 Å². The number of aromatic nitrogens is 3. The summed E-state index contributed by atoms with van der Waals surface area (Å²) in [5.74, 6) is 0.544. The maximum absolute atomic E-state index is 11.5. The van der Waals surface area contributed by atoms with E-state index in [1.54, 1.807) is 10.6 Å². The standard InChI is InChI=1S/C9H8BrN3O/c1-6-8(7(14)5-10)12-9-11-3-2-4-13(6)9/h2-4H,5H2,1H3. The Labute approximate surface area is 89.1 Å². The van der Waals surface area contributed by atoms with Crippen molar-refractivity contribution in [2.45, 2.75) is 6.92 Å². The molecule has 0 aliphatic carbocycles. The van der Waals surface area contributed by atoms with Crippen molar-refractivity contribution in [3.8, 4) is 0 Å². The van der Waals surface area contributed by atoms with E-state index in [-0.39, 0.29) is 11.1 Å². The van der Waals surface area contributed by atoms with Gasteiger partial charge in [-0.05, 0) is 13.0 Å². The molecule has 0 spiro atoms. The Hall–Kier alpha value is -1.23. The van der Waals surface area contributed by atoms with Crippen molar-refractivity contribution in [2.75, 3.05) is 5.33 Å². The monoisotopic (exact) mass is 253 g/mol. The minimum Gasteiger partial charge on any atom is -0.291 e. The molecule has 0 aliphatic heterocycles. The van der Waals surface area contributed by atoms with Gasteiger partial charge < -0.3 is 0 Å². The predicted molar refractivity (Wildman–Crippen MR) is 55.8 cm³/mol. The van der Waals surface area contributed by atoms with Crippen LogP contribution in [0.4, 0.5) is 0 Å². The highest BCUT2D eigenvalue weighted by molar-refractivity contribution is 9.09. The van der Waals surface area contributed by atoms with Crippen LogP contribution in [0.1, 0.15) is 16.2 Å². The van der Waals surface area contributed by atoms with E-state index in [4.69, 9.17) is 0 Å². The third-order valence-corrected chi connectivity index (χ3v) is 2.54. The fraction of sp³-hybridized carbons (Fsp3) is 0.222. The zero-order chi connectivity index (χ0) is 10.1. The Morgan fingerprint density at radius 2 is 2.43 bits per heavy atom. The molecule has 0 atom stereocenters. The molecule has 2 rings (SSSR count). The molecule has 0 unspecified atom stereocenters. The smallest absolute Gasteiger partial charge is 0.234 e. The molecule has 14 heavy (non-hydrogen) atoms. The van der Waals surface area contributed by atoms with Gasteiger partial charge in [0.2, 0.25) is 5.78 Å². The van der Waals surface area contributed by atoms with E-state index in [0.717, 1.165) is 5.69 Å². The number of imidazole rings is 1. The second-order valence-corrected chi connectivity index (χ2v) is 3.45. The molecule has 72 valence electrons. The molecule has 0 N–H and O–H groups in total. The predicted octanol–water partition coefficient (Wildman–Crippen LogP) is 1.62. The summed E-state index contributed by atoms with van der Waals surface area (Å²) in [6.07, 6.45) is 3.50. The van der Waals surface area contributed by atoms with Crippen molar-refractivity contribution in [3.05, 3.63) is 29.8 Å². The van der Waals surface area contributed by atoms with Crippen LogP contribution in [-0.4, -0.2) is 25.5 Å². The molecule has 0 amide bonds. The SMILES string of the molecule is Cc1c(C(=O)CBr)nc2ncccn12. The van der Waals surface area contributed by atoms with Gasteiger partial charge in [-0.1, -0.05) is 15.9 Å². The summed E-state index contributed by atoms with van der Waals surface area (Å²) in [4.78, 5) is 19.7. The van der Waals surface area contributed by atoms with Crippen molar-refractivity contribution < 1.29 is 4.79 Å². The largest absolute Gasteiger partial charge is 0.291 e. The molecular weight excluding hydrogens is 246 g/mol. The highest BCUT2D eigenvalue weighted by atomic mass is 79.9. The summed E-state index contributed by atoms with van der Waals surface area (Å²) < 4.78 is 1.80. The molecule has 5 heteroatoms. The topological polar surface area (TPSA) is 47.3 Å². The lowest BCUT2D eigenvalue weighted by Crippen LogP contribution is -2.02. The Bertz CT molecular complexity index is 492. The first kappa shape index (κ1) is 9.33. The van der Waals surface area contributed by atoms with E-state index in [1.165, 1.54) is 0 Å². The van der Waals surface area contributed by atoms with Gasteiger partial charge in [-0.15, -0.1) is 0 Å². The van der Waals surface area contributed by atoms with Crippen molar-refractivity contribution in [1.82, 2.24) is 14.4 Å². The molecule has 0 aromatic carbocycles. The fourth-order valence-electron chi connectivity index (χ4n) is 1.33. The molecule has 2 aromatic rings. The van der Waals surface area contributed by atoms with Gasteiger partial charge in [0, 0.05) is 12.4 Å². The Morgan fingerprint density at radius 1 is 1.64 bits per heavy atom. The maximum atomic E-state index is 11.5. The van der Waals surface area contributed by atoms with Crippen LogP contribution < -0.4 is 0 Å². The third kappa shape index (κ3) is 1.33. The van der Waals surface area contributed by atoms with Crippen LogP contribution in [0.25, 0.3) is 5.78 Å². The number of carbonyl (C=O) groups is 1. The fourth-order valence-corrected chi connectivity index (χ4v) is 1.60. The second kappa shape index (κ2) is 3.49. The van der Waals surface area contributed by atoms with Gasteiger partial charge >= 0.3 is 0 Å². The van der Waals surface area contributed by atoms with E-state index in [1.807, 2.05) is 19.2 Å². The highest BCUT2D eigenvalue weighted by Crippen LogP contribution is 2.10. The number of fused-ring (bicyclic) bond motifs is 1. The number of halogens is 1. The molecule has 0 saturated carbocycles. The van der Waals surface area contributed by atoms with Crippen molar-refractivity contribution in [2.24, 2.45) is 0 Å². The molecule has 0 fully saturated rings. The van der Waals surface area contributed by atoms with Crippen LogP contribution in [0.2, 0.25) is 0 Å². The molecule has 0 saturated heterocycles. The number of alkyl halides is 1. The third-order valence-electron chi connectivity index (χ3n) is 2.03. The number of aryl methyl sites for hydroxylation is 1. The highest BCUT2D eigenvalue weighted by Gasteiger charge is 2.14. The number of hydrogen-bond donors (Lipinski definition) is 0. The lowest BCUT2D eigenvalue weighted by Gasteiger charge is -1.94. The van der Waals surface area contributed by atoms with E-state index >= 15 is 0 Å². The average Bonchev–Trinajstić information content (AvgIpc) is 2.56. The number of rotatable bonds is 2. The van der Waals surface area contributed by atoms with Gasteiger partial charge in [-0.3, -0.25) is 9.20 Å². The van der Waals surface area contributed by atoms with E-state index in [2.05, 4.69) is 25.9 Å². The van der Waals surface area contributed by atoms with Crippen LogP contribution in [0, 0.1) is 6.92 Å². The lowest BCUT2D eigenvalue weighted by molar-refractivity contribution is 0.101. The Kier molecular flexibility index (Phi) is 2.33. The maximum Gasteiger partial charge on any atom is 0.234 e. The summed E-state index contributed by atoms with van der Waals surface area (Å²) in [6, 6.07) is 1.81. The number of Topliss-reactive ketones (excluding diaryl/α,β-unsaturated/α-hetero) is 1. The van der Waals surface area contributed by atoms with Gasteiger partial charge in [0.05, 0.1) is 11.0 Å². The summed E-state index contributed by atoms with van der Waals surface area (Å²) in [6.45, 7) is 1.86. The zero-order valence-electron chi connectivity index (χ0n) is 7.57. The summed E-state index contributed by atoms with van der Waals surface area (Å²) in [5.41, 5.74) is 1.32. The number of hydrogen-bond acceptors (Lipinski definition) is 3. The molecule has 4 nitrogen and oxygen atoms in total. The summed E-state index contributed by atoms with van der Waals surface area (Å²) in [7, 11) is 0.